The molecule has 7 nitrogen and oxygen atoms in total. The first-order valence-corrected chi connectivity index (χ1v) is 6.34. The second kappa shape index (κ2) is 5.85. The van der Waals surface area contributed by atoms with Gasteiger partial charge in [0.1, 0.15) is 0 Å². The Balaban J connectivity index is 2.67. The fraction of sp³-hybridized carbons (Fsp3) is 0.333. The van der Waals surface area contributed by atoms with Crippen molar-refractivity contribution < 1.29 is 27.8 Å². The molecular formula is C9H11FN2O5S. The van der Waals surface area contributed by atoms with Crippen LogP contribution >= 0.6 is 0 Å². The standard InChI is InChI=1S/C9H11FN2O5S/c10-6-2-1-4-11-8(6)18(16,17)12-5-3-7(13)9(14)15/h1-2,4,7,12-13H,3,5H2,(H,14,15). The van der Waals surface area contributed by atoms with Gasteiger partial charge >= 0.3 is 5.97 Å². The van der Waals surface area contributed by atoms with Gasteiger partial charge in [0.2, 0.25) is 5.03 Å². The number of carboxylic acid groups (broad SMARTS) is 1. The van der Waals surface area contributed by atoms with E-state index in [-0.39, 0.29) is 13.0 Å². The zero-order valence-electron chi connectivity index (χ0n) is 9.08. The van der Waals surface area contributed by atoms with E-state index in [1.54, 1.807) is 0 Å². The van der Waals surface area contributed by atoms with Gasteiger partial charge in [-0.1, -0.05) is 0 Å². The van der Waals surface area contributed by atoms with Crippen molar-refractivity contribution >= 4 is 16.0 Å². The highest BCUT2D eigenvalue weighted by atomic mass is 32.2. The van der Waals surface area contributed by atoms with E-state index in [1.165, 1.54) is 6.07 Å². The maximum Gasteiger partial charge on any atom is 0.332 e. The average Bonchev–Trinajstić information content (AvgIpc) is 2.28. The number of aliphatic carboxylic acids is 1. The van der Waals surface area contributed by atoms with E-state index in [0.29, 0.717) is 0 Å². The lowest BCUT2D eigenvalue weighted by atomic mass is 10.3. The maximum atomic E-state index is 13.2. The predicted molar refractivity (Wildman–Crippen MR) is 57.6 cm³/mol. The van der Waals surface area contributed by atoms with Crippen LogP contribution in [0.3, 0.4) is 0 Å². The Morgan fingerprint density at radius 1 is 1.56 bits per heavy atom. The first-order valence-electron chi connectivity index (χ1n) is 4.85. The van der Waals surface area contributed by atoms with Gasteiger partial charge in [0.15, 0.2) is 11.9 Å². The molecule has 1 unspecified atom stereocenters. The molecule has 100 valence electrons. The summed E-state index contributed by atoms with van der Waals surface area (Å²) in [7, 11) is -4.15. The zero-order chi connectivity index (χ0) is 13.8. The van der Waals surface area contributed by atoms with Crippen LogP contribution in [0.4, 0.5) is 4.39 Å². The van der Waals surface area contributed by atoms with Gasteiger partial charge in [0.05, 0.1) is 0 Å². The normalized spacial score (nSPS) is 13.2. The first-order chi connectivity index (χ1) is 8.34. The third-order valence-corrected chi connectivity index (χ3v) is 3.37. The Hall–Kier alpha value is -1.58. The SMILES string of the molecule is O=C(O)C(O)CCNS(=O)(=O)c1ncccc1F. The lowest BCUT2D eigenvalue weighted by Crippen LogP contribution is -2.31. The molecule has 1 atom stereocenters. The molecule has 1 heterocycles. The van der Waals surface area contributed by atoms with Crippen LogP contribution in [0, 0.1) is 5.82 Å². The van der Waals surface area contributed by atoms with E-state index in [4.69, 9.17) is 10.2 Å². The molecule has 0 bridgehead atoms. The first kappa shape index (κ1) is 14.5. The van der Waals surface area contributed by atoms with Gasteiger partial charge in [0.25, 0.3) is 10.0 Å². The molecule has 1 aromatic heterocycles. The summed E-state index contributed by atoms with van der Waals surface area (Å²) in [4.78, 5) is 13.7. The summed E-state index contributed by atoms with van der Waals surface area (Å²) in [5, 5.41) is 16.5. The minimum absolute atomic E-state index is 0.330. The minimum atomic E-state index is -4.15. The van der Waals surface area contributed by atoms with Crippen LogP contribution < -0.4 is 4.72 Å². The van der Waals surface area contributed by atoms with Crippen molar-refractivity contribution in [2.75, 3.05) is 6.54 Å². The quantitative estimate of drug-likeness (QED) is 0.635. The summed E-state index contributed by atoms with van der Waals surface area (Å²) >= 11 is 0. The molecule has 0 saturated carbocycles. The topological polar surface area (TPSA) is 117 Å². The molecule has 0 aliphatic rings. The number of pyridine rings is 1. The molecule has 0 radical (unpaired) electrons. The molecule has 0 saturated heterocycles. The second-order valence-electron chi connectivity index (χ2n) is 3.33. The highest BCUT2D eigenvalue weighted by Gasteiger charge is 2.21. The van der Waals surface area contributed by atoms with E-state index in [9.17, 15) is 17.6 Å². The number of carboxylic acids is 1. The number of rotatable bonds is 6. The van der Waals surface area contributed by atoms with Gasteiger partial charge in [0, 0.05) is 12.7 Å². The number of aliphatic hydroxyl groups is 1. The maximum absolute atomic E-state index is 13.2. The summed E-state index contributed by atoms with van der Waals surface area (Å²) in [6.45, 7) is -0.341. The van der Waals surface area contributed by atoms with Crippen LogP contribution in [-0.2, 0) is 14.8 Å². The van der Waals surface area contributed by atoms with Crippen molar-refractivity contribution in [3.63, 3.8) is 0 Å². The Kier molecular flexibility index (Phi) is 4.70. The lowest BCUT2D eigenvalue weighted by Gasteiger charge is -2.08. The Bertz CT molecular complexity index is 534. The monoisotopic (exact) mass is 278 g/mol. The van der Waals surface area contributed by atoms with E-state index in [0.717, 1.165) is 12.3 Å². The number of sulfonamides is 1. The molecular weight excluding hydrogens is 267 g/mol. The number of hydrogen-bond acceptors (Lipinski definition) is 5. The van der Waals surface area contributed by atoms with Gasteiger partial charge in [-0.2, -0.15) is 0 Å². The molecule has 0 fully saturated rings. The number of halogens is 1. The highest BCUT2D eigenvalue weighted by Crippen LogP contribution is 2.09. The third-order valence-electron chi connectivity index (χ3n) is 1.97. The van der Waals surface area contributed by atoms with E-state index in [2.05, 4.69) is 4.98 Å². The number of aromatic nitrogens is 1. The van der Waals surface area contributed by atoms with E-state index < -0.39 is 32.9 Å². The van der Waals surface area contributed by atoms with Gasteiger partial charge in [-0.25, -0.2) is 27.3 Å². The molecule has 0 aliphatic heterocycles. The van der Waals surface area contributed by atoms with Crippen molar-refractivity contribution in [1.29, 1.82) is 0 Å². The summed E-state index contributed by atoms with van der Waals surface area (Å²) in [6.07, 6.45) is -0.895. The fourth-order valence-electron chi connectivity index (χ4n) is 1.09. The zero-order valence-corrected chi connectivity index (χ0v) is 9.89. The second-order valence-corrected chi connectivity index (χ2v) is 5.01. The summed E-state index contributed by atoms with van der Waals surface area (Å²) in [6, 6.07) is 2.18. The van der Waals surface area contributed by atoms with Crippen LogP contribution in [0.1, 0.15) is 6.42 Å². The molecule has 1 aromatic rings. The number of nitrogens with zero attached hydrogens (tertiary/aromatic N) is 1. The van der Waals surface area contributed by atoms with E-state index >= 15 is 0 Å². The predicted octanol–water partition coefficient (Wildman–Crippen LogP) is -0.665. The van der Waals surface area contributed by atoms with Gasteiger partial charge < -0.3 is 10.2 Å². The summed E-state index contributed by atoms with van der Waals surface area (Å²) < 4.78 is 38.2. The fourth-order valence-corrected chi connectivity index (χ4v) is 2.14. The van der Waals surface area contributed by atoms with Gasteiger partial charge in [-0.15, -0.1) is 0 Å². The van der Waals surface area contributed by atoms with Crippen LogP contribution in [-0.4, -0.2) is 42.2 Å². The molecule has 0 aliphatic carbocycles. The average molecular weight is 278 g/mol. The summed E-state index contributed by atoms with van der Waals surface area (Å²) in [5.41, 5.74) is 0. The van der Waals surface area contributed by atoms with Gasteiger partial charge in [-0.05, 0) is 18.6 Å². The van der Waals surface area contributed by atoms with Crippen LogP contribution in [0.15, 0.2) is 23.4 Å². The minimum Gasteiger partial charge on any atom is -0.479 e. The van der Waals surface area contributed by atoms with Crippen molar-refractivity contribution in [3.05, 3.63) is 24.1 Å². The van der Waals surface area contributed by atoms with Crippen LogP contribution in [0.25, 0.3) is 0 Å². The Morgan fingerprint density at radius 2 is 2.22 bits per heavy atom. The molecule has 18 heavy (non-hydrogen) atoms. The van der Waals surface area contributed by atoms with Crippen molar-refractivity contribution in [2.45, 2.75) is 17.6 Å². The molecule has 3 N–H and O–H groups in total. The van der Waals surface area contributed by atoms with Gasteiger partial charge in [-0.3, -0.25) is 0 Å². The molecule has 9 heteroatoms. The van der Waals surface area contributed by atoms with Crippen molar-refractivity contribution in [2.24, 2.45) is 0 Å². The molecule has 0 aromatic carbocycles. The van der Waals surface area contributed by atoms with E-state index in [1.807, 2.05) is 4.72 Å². The van der Waals surface area contributed by atoms with Crippen molar-refractivity contribution in [1.82, 2.24) is 9.71 Å². The Labute approximate surface area is 102 Å². The smallest absolute Gasteiger partial charge is 0.332 e. The highest BCUT2D eigenvalue weighted by molar-refractivity contribution is 7.89. The lowest BCUT2D eigenvalue weighted by molar-refractivity contribution is -0.146. The van der Waals surface area contributed by atoms with Crippen LogP contribution in [0.2, 0.25) is 0 Å². The molecule has 0 spiro atoms. The number of carbonyl (C=O) groups is 1. The number of nitrogens with one attached hydrogen (secondary N) is 1. The molecule has 1 rings (SSSR count). The molecule has 0 amide bonds. The summed E-state index contributed by atoms with van der Waals surface area (Å²) in [5.74, 6) is -2.47. The third kappa shape index (κ3) is 3.72. The Morgan fingerprint density at radius 3 is 2.78 bits per heavy atom. The van der Waals surface area contributed by atoms with Crippen LogP contribution in [0.5, 0.6) is 0 Å². The largest absolute Gasteiger partial charge is 0.479 e. The number of aliphatic hydroxyl groups excluding tert-OH is 1. The number of hydrogen-bond donors (Lipinski definition) is 3. The van der Waals surface area contributed by atoms with Crippen molar-refractivity contribution in [3.8, 4) is 0 Å².